The molecule has 1 atom stereocenters. The zero-order valence-electron chi connectivity index (χ0n) is 10.6. The van der Waals surface area contributed by atoms with E-state index in [9.17, 15) is 10.2 Å². The summed E-state index contributed by atoms with van der Waals surface area (Å²) in [7, 11) is 0. The van der Waals surface area contributed by atoms with Crippen molar-refractivity contribution in [1.82, 2.24) is 0 Å². The molecule has 19 heavy (non-hydrogen) atoms. The molecule has 2 aromatic rings. The van der Waals surface area contributed by atoms with Crippen LogP contribution in [0.15, 0.2) is 42.5 Å². The quantitative estimate of drug-likeness (QED) is 0.581. The van der Waals surface area contributed by atoms with Crippen LogP contribution >= 0.6 is 0 Å². The number of anilines is 1. The predicted octanol–water partition coefficient (Wildman–Crippen LogP) is 3.25. The maximum absolute atomic E-state index is 9.80. The van der Waals surface area contributed by atoms with Crippen molar-refractivity contribution in [2.45, 2.75) is 13.0 Å². The molecule has 1 unspecified atom stereocenters. The third kappa shape index (κ3) is 2.99. The normalized spacial score (nSPS) is 11.6. The molecule has 0 saturated carbocycles. The minimum absolute atomic E-state index is 0.124. The van der Waals surface area contributed by atoms with Gasteiger partial charge in [-0.3, -0.25) is 0 Å². The molecule has 0 amide bonds. The Kier molecular flexibility index (Phi) is 3.63. The van der Waals surface area contributed by atoms with Crippen molar-refractivity contribution in [3.63, 3.8) is 0 Å². The highest BCUT2D eigenvalue weighted by molar-refractivity contribution is 5.52. The second-order valence-corrected chi connectivity index (χ2v) is 4.33. The topological polar surface area (TPSA) is 52.5 Å². The van der Waals surface area contributed by atoms with Crippen LogP contribution in [0.25, 0.3) is 0 Å². The first-order valence-corrected chi connectivity index (χ1v) is 5.95. The zero-order valence-corrected chi connectivity index (χ0v) is 10.6. The van der Waals surface area contributed by atoms with Gasteiger partial charge in [0.1, 0.15) is 11.5 Å². The number of hydrogen-bond acceptors (Lipinski definition) is 3. The first-order chi connectivity index (χ1) is 9.10. The summed E-state index contributed by atoms with van der Waals surface area (Å²) in [5, 5.41) is 22.5. The van der Waals surface area contributed by atoms with E-state index >= 15 is 0 Å². The van der Waals surface area contributed by atoms with Crippen LogP contribution < -0.4 is 5.32 Å². The van der Waals surface area contributed by atoms with Gasteiger partial charge in [-0.2, -0.15) is 0 Å². The molecule has 2 rings (SSSR count). The number of hydrogen-bond donors (Lipinski definition) is 3. The number of nitrogens with one attached hydrogen (secondary N) is 1. The van der Waals surface area contributed by atoms with Gasteiger partial charge < -0.3 is 15.5 Å². The van der Waals surface area contributed by atoms with Crippen LogP contribution in [0.4, 0.5) is 5.69 Å². The average molecular weight is 253 g/mol. The monoisotopic (exact) mass is 253 g/mol. The second-order valence-electron chi connectivity index (χ2n) is 4.33. The second kappa shape index (κ2) is 5.36. The number of rotatable bonds is 3. The van der Waals surface area contributed by atoms with Crippen LogP contribution in [0.3, 0.4) is 0 Å². The standard InChI is InChI=1S/C16H15NO2/c1-3-12-5-4-6-13(9-12)17-11(2)15-10-14(18)7-8-16(15)19/h1,4-11,17-19H,2H3. The van der Waals surface area contributed by atoms with Gasteiger partial charge in [-0.25, -0.2) is 0 Å². The lowest BCUT2D eigenvalue weighted by molar-refractivity contribution is 0.451. The van der Waals surface area contributed by atoms with Crippen molar-refractivity contribution in [1.29, 1.82) is 0 Å². The Morgan fingerprint density at radius 3 is 2.68 bits per heavy atom. The van der Waals surface area contributed by atoms with Crippen molar-refractivity contribution in [2.24, 2.45) is 0 Å². The summed E-state index contributed by atoms with van der Waals surface area (Å²) in [4.78, 5) is 0. The van der Waals surface area contributed by atoms with E-state index in [1.54, 1.807) is 0 Å². The van der Waals surface area contributed by atoms with Gasteiger partial charge in [-0.1, -0.05) is 12.0 Å². The number of benzene rings is 2. The third-order valence-corrected chi connectivity index (χ3v) is 2.89. The van der Waals surface area contributed by atoms with Gasteiger partial charge in [0, 0.05) is 16.8 Å². The molecule has 0 bridgehead atoms. The van der Waals surface area contributed by atoms with E-state index in [0.717, 1.165) is 11.3 Å². The highest BCUT2D eigenvalue weighted by Crippen LogP contribution is 2.30. The van der Waals surface area contributed by atoms with Gasteiger partial charge in [0.15, 0.2) is 0 Å². The molecule has 0 aliphatic carbocycles. The summed E-state index contributed by atoms with van der Waals surface area (Å²) in [6.07, 6.45) is 5.35. The summed E-state index contributed by atoms with van der Waals surface area (Å²) in [5.41, 5.74) is 2.29. The third-order valence-electron chi connectivity index (χ3n) is 2.89. The van der Waals surface area contributed by atoms with Crippen LogP contribution in [0.5, 0.6) is 11.5 Å². The lowest BCUT2D eigenvalue weighted by Gasteiger charge is -2.17. The fourth-order valence-corrected chi connectivity index (χ4v) is 1.92. The molecular formula is C16H15NO2. The van der Waals surface area contributed by atoms with Gasteiger partial charge in [0.05, 0.1) is 6.04 Å². The van der Waals surface area contributed by atoms with Crippen LogP contribution in [-0.2, 0) is 0 Å². The smallest absolute Gasteiger partial charge is 0.121 e. The SMILES string of the molecule is C#Cc1cccc(NC(C)c2cc(O)ccc2O)c1. The molecule has 0 radical (unpaired) electrons. The zero-order chi connectivity index (χ0) is 13.8. The molecule has 2 aromatic carbocycles. The molecule has 3 heteroatoms. The summed E-state index contributed by atoms with van der Waals surface area (Å²) in [6.45, 7) is 1.90. The molecule has 3 N–H and O–H groups in total. The van der Waals surface area contributed by atoms with Gasteiger partial charge in [-0.15, -0.1) is 6.42 Å². The molecule has 0 saturated heterocycles. The first kappa shape index (κ1) is 12.8. The van der Waals surface area contributed by atoms with Crippen molar-refractivity contribution in [3.05, 3.63) is 53.6 Å². The Morgan fingerprint density at radius 2 is 1.95 bits per heavy atom. The van der Waals surface area contributed by atoms with Gasteiger partial charge in [0.2, 0.25) is 0 Å². The molecule has 0 spiro atoms. The summed E-state index contributed by atoms with van der Waals surface area (Å²) >= 11 is 0. The Hall–Kier alpha value is -2.60. The van der Waals surface area contributed by atoms with Crippen molar-refractivity contribution in [2.75, 3.05) is 5.32 Å². The molecule has 0 aliphatic heterocycles. The number of phenolic OH excluding ortho intramolecular Hbond substituents is 2. The molecule has 0 fully saturated rings. The van der Waals surface area contributed by atoms with Gasteiger partial charge >= 0.3 is 0 Å². The van der Waals surface area contributed by atoms with E-state index < -0.39 is 0 Å². The maximum atomic E-state index is 9.80. The maximum Gasteiger partial charge on any atom is 0.121 e. The van der Waals surface area contributed by atoms with Gasteiger partial charge in [-0.05, 0) is 43.3 Å². The highest BCUT2D eigenvalue weighted by Gasteiger charge is 2.11. The number of phenols is 2. The van der Waals surface area contributed by atoms with E-state index in [-0.39, 0.29) is 17.5 Å². The van der Waals surface area contributed by atoms with E-state index in [1.165, 1.54) is 18.2 Å². The van der Waals surface area contributed by atoms with Crippen molar-refractivity contribution >= 4 is 5.69 Å². The first-order valence-electron chi connectivity index (χ1n) is 5.95. The molecule has 0 aliphatic rings. The Balaban J connectivity index is 2.23. The van der Waals surface area contributed by atoms with Crippen LogP contribution in [-0.4, -0.2) is 10.2 Å². The lowest BCUT2D eigenvalue weighted by Crippen LogP contribution is -2.06. The minimum atomic E-state index is -0.153. The summed E-state index contributed by atoms with van der Waals surface area (Å²) in [6, 6.07) is 11.8. The van der Waals surface area contributed by atoms with E-state index in [1.807, 2.05) is 31.2 Å². The molecule has 0 aromatic heterocycles. The molecule has 3 nitrogen and oxygen atoms in total. The van der Waals surface area contributed by atoms with Crippen LogP contribution in [0.2, 0.25) is 0 Å². The highest BCUT2D eigenvalue weighted by atomic mass is 16.3. The fourth-order valence-electron chi connectivity index (χ4n) is 1.92. The van der Waals surface area contributed by atoms with E-state index in [4.69, 9.17) is 6.42 Å². The van der Waals surface area contributed by atoms with E-state index in [0.29, 0.717) is 5.56 Å². The molecular weight excluding hydrogens is 238 g/mol. The molecule has 0 heterocycles. The molecule has 96 valence electrons. The summed E-state index contributed by atoms with van der Waals surface area (Å²) < 4.78 is 0. The Morgan fingerprint density at radius 1 is 1.16 bits per heavy atom. The van der Waals surface area contributed by atoms with E-state index in [2.05, 4.69) is 11.2 Å². The van der Waals surface area contributed by atoms with Crippen molar-refractivity contribution in [3.8, 4) is 23.8 Å². The van der Waals surface area contributed by atoms with Gasteiger partial charge in [0.25, 0.3) is 0 Å². The van der Waals surface area contributed by atoms with Crippen molar-refractivity contribution < 1.29 is 10.2 Å². The minimum Gasteiger partial charge on any atom is -0.508 e. The van der Waals surface area contributed by atoms with Crippen LogP contribution in [0, 0.1) is 12.3 Å². The summed E-state index contributed by atoms with van der Waals surface area (Å²) in [5.74, 6) is 2.84. The Bertz CT molecular complexity index is 629. The number of aromatic hydroxyl groups is 2. The lowest BCUT2D eigenvalue weighted by atomic mass is 10.1. The Labute approximate surface area is 112 Å². The average Bonchev–Trinajstić information content (AvgIpc) is 2.41. The largest absolute Gasteiger partial charge is 0.508 e. The predicted molar refractivity (Wildman–Crippen MR) is 76.2 cm³/mol. The fraction of sp³-hybridized carbons (Fsp3) is 0.125. The number of terminal acetylenes is 1. The van der Waals surface area contributed by atoms with Crippen LogP contribution in [0.1, 0.15) is 24.1 Å².